The second-order valence-corrected chi connectivity index (χ2v) is 4.84. The first kappa shape index (κ1) is 15.2. The fourth-order valence-corrected chi connectivity index (χ4v) is 2.18. The zero-order chi connectivity index (χ0) is 17.3. The molecule has 3 rings (SSSR count). The number of carbonyl (C=O) groups is 1. The summed E-state index contributed by atoms with van der Waals surface area (Å²) < 4.78 is 15.1. The summed E-state index contributed by atoms with van der Waals surface area (Å²) in [5, 5.41) is 20.3. The molecule has 2 heterocycles. The van der Waals surface area contributed by atoms with Gasteiger partial charge in [-0.25, -0.2) is 18.9 Å². The topological polar surface area (TPSA) is 112 Å². The first-order chi connectivity index (χ1) is 11.5. The Hall–Kier alpha value is -3.73. The van der Waals surface area contributed by atoms with Gasteiger partial charge in [-0.05, 0) is 30.3 Å². The van der Waals surface area contributed by atoms with Crippen molar-refractivity contribution in [2.45, 2.75) is 0 Å². The van der Waals surface area contributed by atoms with E-state index in [1.165, 1.54) is 30.5 Å². The third-order valence-corrected chi connectivity index (χ3v) is 3.38. The van der Waals surface area contributed by atoms with Gasteiger partial charge >= 0.3 is 5.97 Å². The van der Waals surface area contributed by atoms with E-state index in [2.05, 4.69) is 10.1 Å². The molecule has 0 spiro atoms. The van der Waals surface area contributed by atoms with Crippen molar-refractivity contribution >= 4 is 5.97 Å². The van der Waals surface area contributed by atoms with Crippen LogP contribution in [-0.2, 0) is 0 Å². The molecule has 0 atom stereocenters. The summed E-state index contributed by atoms with van der Waals surface area (Å²) in [6, 6.07) is 8.29. The van der Waals surface area contributed by atoms with Crippen molar-refractivity contribution < 1.29 is 14.3 Å². The SMILES string of the molecule is N#Cc1ccc(-c2c[nH]n(-c3ccc(C(=O)O)cn3)c2=O)c(F)c1. The van der Waals surface area contributed by atoms with E-state index in [0.717, 1.165) is 16.9 Å². The summed E-state index contributed by atoms with van der Waals surface area (Å²) >= 11 is 0. The third kappa shape index (κ3) is 2.55. The lowest BCUT2D eigenvalue weighted by molar-refractivity contribution is 0.0696. The Morgan fingerprint density at radius 1 is 1.29 bits per heavy atom. The summed E-state index contributed by atoms with van der Waals surface area (Å²) in [5.41, 5.74) is -0.291. The zero-order valence-electron chi connectivity index (χ0n) is 12.0. The van der Waals surface area contributed by atoms with Crippen molar-refractivity contribution in [3.05, 3.63) is 70.0 Å². The van der Waals surface area contributed by atoms with E-state index in [1.54, 1.807) is 0 Å². The Balaban J connectivity index is 2.05. The van der Waals surface area contributed by atoms with Crippen LogP contribution in [0.15, 0.2) is 47.5 Å². The van der Waals surface area contributed by atoms with Gasteiger partial charge in [0.2, 0.25) is 0 Å². The Labute approximate surface area is 134 Å². The molecule has 118 valence electrons. The standard InChI is InChI=1S/C16H9FN4O3/c17-13-5-9(6-18)1-3-11(13)12-8-20-21(15(12)22)14-4-2-10(7-19-14)16(23)24/h1-5,7-8,20H,(H,23,24). The molecule has 0 saturated heterocycles. The Morgan fingerprint density at radius 3 is 2.67 bits per heavy atom. The molecule has 0 unspecified atom stereocenters. The van der Waals surface area contributed by atoms with Crippen LogP contribution in [0.1, 0.15) is 15.9 Å². The number of halogens is 1. The predicted octanol–water partition coefficient (Wildman–Crippen LogP) is 1.94. The normalized spacial score (nSPS) is 10.3. The molecule has 1 aromatic carbocycles. The number of nitrogens with zero attached hydrogens (tertiary/aromatic N) is 3. The monoisotopic (exact) mass is 324 g/mol. The zero-order valence-corrected chi connectivity index (χ0v) is 12.0. The van der Waals surface area contributed by atoms with E-state index in [4.69, 9.17) is 10.4 Å². The van der Waals surface area contributed by atoms with Gasteiger partial charge in [0.1, 0.15) is 5.82 Å². The molecule has 8 heteroatoms. The van der Waals surface area contributed by atoms with Crippen LogP contribution in [-0.4, -0.2) is 25.8 Å². The molecule has 0 saturated carbocycles. The van der Waals surface area contributed by atoms with Crippen LogP contribution in [0.5, 0.6) is 0 Å². The Bertz CT molecular complexity index is 1030. The lowest BCUT2D eigenvalue weighted by Gasteiger charge is -2.01. The first-order valence-corrected chi connectivity index (χ1v) is 6.71. The molecule has 0 fully saturated rings. The quantitative estimate of drug-likeness (QED) is 0.764. The number of hydrogen-bond donors (Lipinski definition) is 2. The molecule has 3 aromatic rings. The summed E-state index contributed by atoms with van der Waals surface area (Å²) in [4.78, 5) is 27.2. The van der Waals surface area contributed by atoms with Gasteiger partial charge in [0.25, 0.3) is 5.56 Å². The lowest BCUT2D eigenvalue weighted by atomic mass is 10.1. The molecule has 0 aliphatic carbocycles. The number of benzene rings is 1. The molecule has 0 aliphatic heterocycles. The van der Waals surface area contributed by atoms with E-state index < -0.39 is 17.3 Å². The van der Waals surface area contributed by atoms with E-state index in [-0.39, 0.29) is 28.1 Å². The molecule has 7 nitrogen and oxygen atoms in total. The molecular weight excluding hydrogens is 315 g/mol. The summed E-state index contributed by atoms with van der Waals surface area (Å²) in [6.45, 7) is 0. The summed E-state index contributed by atoms with van der Waals surface area (Å²) in [7, 11) is 0. The van der Waals surface area contributed by atoms with Gasteiger partial charge in [-0.3, -0.25) is 9.89 Å². The molecule has 24 heavy (non-hydrogen) atoms. The van der Waals surface area contributed by atoms with Gasteiger partial charge in [0.05, 0.1) is 22.8 Å². The Kier molecular flexibility index (Phi) is 3.67. The maximum atomic E-state index is 14.1. The highest BCUT2D eigenvalue weighted by Crippen LogP contribution is 2.20. The fraction of sp³-hybridized carbons (Fsp3) is 0. The van der Waals surface area contributed by atoms with Crippen LogP contribution in [0.3, 0.4) is 0 Å². The van der Waals surface area contributed by atoms with Crippen LogP contribution in [0, 0.1) is 17.1 Å². The maximum absolute atomic E-state index is 14.1. The average Bonchev–Trinajstić information content (AvgIpc) is 2.96. The highest BCUT2D eigenvalue weighted by Gasteiger charge is 2.15. The number of carboxylic acid groups (broad SMARTS) is 1. The summed E-state index contributed by atoms with van der Waals surface area (Å²) in [6.07, 6.45) is 2.44. The van der Waals surface area contributed by atoms with Gasteiger partial charge in [-0.2, -0.15) is 5.26 Å². The van der Waals surface area contributed by atoms with Gasteiger partial charge < -0.3 is 5.11 Å². The van der Waals surface area contributed by atoms with Crippen LogP contribution in [0.4, 0.5) is 4.39 Å². The van der Waals surface area contributed by atoms with Crippen LogP contribution < -0.4 is 5.56 Å². The van der Waals surface area contributed by atoms with Crippen molar-refractivity contribution in [3.63, 3.8) is 0 Å². The van der Waals surface area contributed by atoms with Gasteiger partial charge in [0.15, 0.2) is 5.82 Å². The minimum Gasteiger partial charge on any atom is -0.478 e. The minimum absolute atomic E-state index is 0.0169. The lowest BCUT2D eigenvalue weighted by Crippen LogP contribution is -2.17. The van der Waals surface area contributed by atoms with Crippen LogP contribution in [0.2, 0.25) is 0 Å². The van der Waals surface area contributed by atoms with Crippen molar-refractivity contribution in [2.24, 2.45) is 0 Å². The van der Waals surface area contributed by atoms with Crippen molar-refractivity contribution in [2.75, 3.05) is 0 Å². The van der Waals surface area contributed by atoms with E-state index in [9.17, 15) is 14.0 Å². The number of nitrogens with one attached hydrogen (secondary N) is 1. The molecule has 0 amide bonds. The number of nitriles is 1. The van der Waals surface area contributed by atoms with E-state index in [1.807, 2.05) is 6.07 Å². The van der Waals surface area contributed by atoms with Gasteiger partial charge in [-0.1, -0.05) is 0 Å². The highest BCUT2D eigenvalue weighted by atomic mass is 19.1. The third-order valence-electron chi connectivity index (χ3n) is 3.38. The largest absolute Gasteiger partial charge is 0.478 e. The van der Waals surface area contributed by atoms with E-state index >= 15 is 0 Å². The number of aromatic amines is 1. The van der Waals surface area contributed by atoms with Crippen molar-refractivity contribution in [1.82, 2.24) is 14.8 Å². The van der Waals surface area contributed by atoms with Crippen molar-refractivity contribution in [3.8, 4) is 23.0 Å². The molecule has 2 N–H and O–H groups in total. The number of carboxylic acids is 1. The smallest absolute Gasteiger partial charge is 0.337 e. The summed E-state index contributed by atoms with van der Waals surface area (Å²) in [5.74, 6) is -1.65. The first-order valence-electron chi connectivity index (χ1n) is 6.71. The van der Waals surface area contributed by atoms with Crippen LogP contribution >= 0.6 is 0 Å². The number of H-pyrrole nitrogens is 1. The molecule has 0 aliphatic rings. The number of rotatable bonds is 3. The number of aromatic nitrogens is 3. The van der Waals surface area contributed by atoms with E-state index in [0.29, 0.717) is 0 Å². The second-order valence-electron chi connectivity index (χ2n) is 4.84. The molecule has 0 bridgehead atoms. The molecule has 2 aromatic heterocycles. The highest BCUT2D eigenvalue weighted by molar-refractivity contribution is 5.87. The predicted molar refractivity (Wildman–Crippen MR) is 81.3 cm³/mol. The average molecular weight is 324 g/mol. The molecular formula is C16H9FN4O3. The fourth-order valence-electron chi connectivity index (χ4n) is 2.18. The van der Waals surface area contributed by atoms with Gasteiger partial charge in [-0.15, -0.1) is 0 Å². The van der Waals surface area contributed by atoms with Crippen LogP contribution in [0.25, 0.3) is 16.9 Å². The number of aromatic carboxylic acids is 1. The minimum atomic E-state index is -1.13. The Morgan fingerprint density at radius 2 is 2.08 bits per heavy atom. The number of hydrogen-bond acceptors (Lipinski definition) is 4. The maximum Gasteiger partial charge on any atom is 0.337 e. The second kappa shape index (κ2) is 5.81. The molecule has 0 radical (unpaired) electrons. The van der Waals surface area contributed by atoms with Gasteiger partial charge in [0, 0.05) is 18.0 Å². The number of pyridine rings is 1. The van der Waals surface area contributed by atoms with Crippen molar-refractivity contribution in [1.29, 1.82) is 5.26 Å².